The Hall–Kier alpha value is -1.78. The first-order valence-corrected chi connectivity index (χ1v) is 6.37. The normalized spacial score (nSPS) is 10.9. The van der Waals surface area contributed by atoms with Gasteiger partial charge in [-0.15, -0.1) is 0 Å². The van der Waals surface area contributed by atoms with Crippen LogP contribution in [0.15, 0.2) is 12.4 Å². The van der Waals surface area contributed by atoms with Gasteiger partial charge in [-0.05, 0) is 20.3 Å². The lowest BCUT2D eigenvalue weighted by Gasteiger charge is -2.09. The summed E-state index contributed by atoms with van der Waals surface area (Å²) in [7, 11) is 1.98. The van der Waals surface area contributed by atoms with E-state index in [9.17, 15) is 0 Å². The molecular formula is C13H21N5. The van der Waals surface area contributed by atoms with Gasteiger partial charge in [-0.25, -0.2) is 4.98 Å². The van der Waals surface area contributed by atoms with Crippen LogP contribution >= 0.6 is 0 Å². The fourth-order valence-corrected chi connectivity index (χ4v) is 2.06. The minimum Gasteiger partial charge on any atom is -0.356 e. The van der Waals surface area contributed by atoms with Crippen LogP contribution in [0.25, 0.3) is 0 Å². The molecule has 98 valence electrons. The van der Waals surface area contributed by atoms with Gasteiger partial charge in [-0.1, -0.05) is 6.92 Å². The van der Waals surface area contributed by atoms with Gasteiger partial charge in [0.05, 0.1) is 12.2 Å². The molecule has 2 aromatic rings. The molecule has 0 unspecified atom stereocenters. The lowest BCUT2D eigenvalue weighted by molar-refractivity contribution is 0.727. The molecule has 0 aromatic carbocycles. The monoisotopic (exact) mass is 247 g/mol. The summed E-state index contributed by atoms with van der Waals surface area (Å²) < 4.78 is 4.06. The largest absolute Gasteiger partial charge is 0.356 e. The highest BCUT2D eigenvalue weighted by Gasteiger charge is 2.11. The average molecular weight is 247 g/mol. The van der Waals surface area contributed by atoms with Gasteiger partial charge >= 0.3 is 0 Å². The van der Waals surface area contributed by atoms with Crippen molar-refractivity contribution in [3.8, 4) is 0 Å². The third kappa shape index (κ3) is 2.39. The van der Waals surface area contributed by atoms with Gasteiger partial charge in [0.25, 0.3) is 0 Å². The van der Waals surface area contributed by atoms with Crippen molar-refractivity contribution in [1.29, 1.82) is 0 Å². The summed E-state index contributed by atoms with van der Waals surface area (Å²) >= 11 is 0. The molecule has 0 atom stereocenters. The number of anilines is 1. The first-order chi connectivity index (χ1) is 8.63. The fourth-order valence-electron chi connectivity index (χ4n) is 2.06. The molecule has 2 aromatic heterocycles. The van der Waals surface area contributed by atoms with Gasteiger partial charge in [0.2, 0.25) is 5.95 Å². The van der Waals surface area contributed by atoms with E-state index in [1.807, 2.05) is 24.1 Å². The number of rotatable bonds is 5. The van der Waals surface area contributed by atoms with Crippen molar-refractivity contribution in [3.63, 3.8) is 0 Å². The smallest absolute Gasteiger partial charge is 0.203 e. The summed E-state index contributed by atoms with van der Waals surface area (Å²) in [4.78, 5) is 4.34. The number of hydrogen-bond acceptors (Lipinski definition) is 3. The molecule has 0 aliphatic heterocycles. The van der Waals surface area contributed by atoms with E-state index in [2.05, 4.69) is 40.7 Å². The SMILES string of the molecule is CCCNc1nccn1Cc1c(C)nn(C)c1C. The maximum Gasteiger partial charge on any atom is 0.203 e. The minimum absolute atomic E-state index is 0.817. The molecule has 0 saturated heterocycles. The van der Waals surface area contributed by atoms with E-state index in [1.165, 1.54) is 11.3 Å². The van der Waals surface area contributed by atoms with E-state index in [0.717, 1.165) is 31.2 Å². The van der Waals surface area contributed by atoms with Gasteiger partial charge in [-0.2, -0.15) is 5.10 Å². The molecule has 0 bridgehead atoms. The summed E-state index contributed by atoms with van der Waals surface area (Å²) in [6.45, 7) is 8.07. The molecule has 0 aliphatic carbocycles. The van der Waals surface area contributed by atoms with E-state index in [1.54, 1.807) is 0 Å². The van der Waals surface area contributed by atoms with Crippen molar-refractivity contribution in [2.75, 3.05) is 11.9 Å². The molecule has 2 rings (SSSR count). The maximum atomic E-state index is 4.45. The van der Waals surface area contributed by atoms with Gasteiger partial charge in [0, 0.05) is 37.2 Å². The molecule has 0 radical (unpaired) electrons. The fraction of sp³-hybridized carbons (Fsp3) is 0.538. The van der Waals surface area contributed by atoms with E-state index in [4.69, 9.17) is 0 Å². The summed E-state index contributed by atoms with van der Waals surface area (Å²) in [5.41, 5.74) is 3.57. The van der Waals surface area contributed by atoms with Gasteiger partial charge in [0.15, 0.2) is 0 Å². The van der Waals surface area contributed by atoms with Crippen molar-refractivity contribution >= 4 is 5.95 Å². The van der Waals surface area contributed by atoms with Crippen molar-refractivity contribution < 1.29 is 0 Å². The summed E-state index contributed by atoms with van der Waals surface area (Å²) in [6, 6.07) is 0. The Morgan fingerprint density at radius 2 is 2.11 bits per heavy atom. The van der Waals surface area contributed by atoms with Crippen molar-refractivity contribution in [1.82, 2.24) is 19.3 Å². The molecule has 5 nitrogen and oxygen atoms in total. The second-order valence-corrected chi connectivity index (χ2v) is 4.58. The molecule has 5 heteroatoms. The first-order valence-electron chi connectivity index (χ1n) is 6.37. The minimum atomic E-state index is 0.817. The molecule has 0 amide bonds. The van der Waals surface area contributed by atoms with Crippen LogP contribution in [0, 0.1) is 13.8 Å². The van der Waals surface area contributed by atoms with Crippen molar-refractivity contribution in [3.05, 3.63) is 29.3 Å². The topological polar surface area (TPSA) is 47.7 Å². The number of imidazole rings is 1. The molecule has 0 aliphatic rings. The maximum absolute atomic E-state index is 4.45. The summed E-state index contributed by atoms with van der Waals surface area (Å²) in [6.07, 6.45) is 4.93. The van der Waals surface area contributed by atoms with Crippen molar-refractivity contribution in [2.24, 2.45) is 7.05 Å². The second kappa shape index (κ2) is 5.25. The van der Waals surface area contributed by atoms with Crippen LogP contribution in [0.5, 0.6) is 0 Å². The number of hydrogen-bond donors (Lipinski definition) is 1. The highest BCUT2D eigenvalue weighted by Crippen LogP contribution is 2.16. The molecule has 18 heavy (non-hydrogen) atoms. The quantitative estimate of drug-likeness (QED) is 0.880. The molecule has 1 N–H and O–H groups in total. The third-order valence-corrected chi connectivity index (χ3v) is 3.24. The highest BCUT2D eigenvalue weighted by molar-refractivity contribution is 5.30. The molecule has 0 spiro atoms. The average Bonchev–Trinajstić information content (AvgIpc) is 2.87. The van der Waals surface area contributed by atoms with E-state index in [0.29, 0.717) is 0 Å². The van der Waals surface area contributed by atoms with Gasteiger partial charge in [-0.3, -0.25) is 4.68 Å². The number of aryl methyl sites for hydroxylation is 2. The Bertz CT molecular complexity index is 523. The third-order valence-electron chi connectivity index (χ3n) is 3.24. The second-order valence-electron chi connectivity index (χ2n) is 4.58. The number of nitrogens with zero attached hydrogens (tertiary/aromatic N) is 4. The van der Waals surface area contributed by atoms with Crippen LogP contribution < -0.4 is 5.32 Å². The summed E-state index contributed by atoms with van der Waals surface area (Å²) in [5, 5.41) is 7.78. The van der Waals surface area contributed by atoms with Gasteiger partial charge in [0.1, 0.15) is 0 Å². The predicted molar refractivity (Wildman–Crippen MR) is 72.8 cm³/mol. The molecule has 0 saturated carbocycles. The van der Waals surface area contributed by atoms with Crippen LogP contribution in [0.3, 0.4) is 0 Å². The lowest BCUT2D eigenvalue weighted by atomic mass is 10.2. The Labute approximate surface area is 108 Å². The number of aromatic nitrogens is 4. The predicted octanol–water partition coefficient (Wildman–Crippen LogP) is 2.10. The van der Waals surface area contributed by atoms with E-state index >= 15 is 0 Å². The van der Waals surface area contributed by atoms with Crippen molar-refractivity contribution in [2.45, 2.75) is 33.7 Å². The zero-order valence-corrected chi connectivity index (χ0v) is 11.6. The van der Waals surface area contributed by atoms with Crippen LogP contribution in [-0.2, 0) is 13.6 Å². The molecular weight excluding hydrogens is 226 g/mol. The Balaban J connectivity index is 2.21. The summed E-state index contributed by atoms with van der Waals surface area (Å²) in [5.74, 6) is 0.930. The zero-order valence-electron chi connectivity index (χ0n) is 11.6. The Kier molecular flexibility index (Phi) is 3.69. The van der Waals surface area contributed by atoms with Crippen LogP contribution in [0.4, 0.5) is 5.95 Å². The Morgan fingerprint density at radius 3 is 2.72 bits per heavy atom. The lowest BCUT2D eigenvalue weighted by Crippen LogP contribution is -2.09. The zero-order chi connectivity index (χ0) is 13.1. The van der Waals surface area contributed by atoms with E-state index < -0.39 is 0 Å². The Morgan fingerprint density at radius 1 is 1.33 bits per heavy atom. The molecule has 0 fully saturated rings. The van der Waals surface area contributed by atoms with Crippen LogP contribution in [0.1, 0.15) is 30.3 Å². The number of nitrogens with one attached hydrogen (secondary N) is 1. The van der Waals surface area contributed by atoms with Crippen LogP contribution in [0.2, 0.25) is 0 Å². The first kappa shape index (κ1) is 12.7. The van der Waals surface area contributed by atoms with Crippen LogP contribution in [-0.4, -0.2) is 25.9 Å². The standard InChI is InChI=1S/C13H21N5/c1-5-6-14-13-15-7-8-18(13)9-12-10(2)16-17(4)11(12)3/h7-8H,5-6,9H2,1-4H3,(H,14,15). The highest BCUT2D eigenvalue weighted by atomic mass is 15.3. The van der Waals surface area contributed by atoms with Gasteiger partial charge < -0.3 is 9.88 Å². The van der Waals surface area contributed by atoms with E-state index in [-0.39, 0.29) is 0 Å². The molecule has 2 heterocycles.